The van der Waals surface area contributed by atoms with Gasteiger partial charge in [0.05, 0.1) is 19.3 Å². The van der Waals surface area contributed by atoms with Gasteiger partial charge in [0.1, 0.15) is 0 Å². The fourth-order valence-electron chi connectivity index (χ4n) is 2.96. The third-order valence-corrected chi connectivity index (χ3v) is 3.61. The van der Waals surface area contributed by atoms with Crippen molar-refractivity contribution in [1.82, 2.24) is 0 Å². The quantitative estimate of drug-likeness (QED) is 0.891. The highest BCUT2D eigenvalue weighted by Gasteiger charge is 2.25. The van der Waals surface area contributed by atoms with E-state index < -0.39 is 0 Å². The summed E-state index contributed by atoms with van der Waals surface area (Å²) in [5.74, 6) is 0. The molecular weight excluding hydrogens is 226 g/mol. The number of aliphatic hydroxyl groups is 1. The van der Waals surface area contributed by atoms with Crippen molar-refractivity contribution in [3.63, 3.8) is 0 Å². The molecule has 1 aliphatic heterocycles. The van der Waals surface area contributed by atoms with E-state index in [0.29, 0.717) is 12.6 Å². The Morgan fingerprint density at radius 2 is 1.94 bits per heavy atom. The number of hydrogen-bond donors (Lipinski definition) is 1. The summed E-state index contributed by atoms with van der Waals surface area (Å²) in [5, 5.41) is 9.18. The van der Waals surface area contributed by atoms with Gasteiger partial charge < -0.3 is 14.7 Å². The Kier molecular flexibility index (Phi) is 4.25. The van der Waals surface area contributed by atoms with Crippen LogP contribution in [0.2, 0.25) is 0 Å². The molecule has 0 saturated carbocycles. The molecule has 1 saturated heterocycles. The smallest absolute Gasteiger partial charge is 0.0671 e. The number of rotatable bonds is 3. The van der Waals surface area contributed by atoms with Gasteiger partial charge in [-0.3, -0.25) is 0 Å². The van der Waals surface area contributed by atoms with Crippen LogP contribution in [-0.4, -0.2) is 37.5 Å². The first-order valence-electron chi connectivity index (χ1n) is 6.66. The Morgan fingerprint density at radius 3 is 2.56 bits per heavy atom. The van der Waals surface area contributed by atoms with Crippen molar-refractivity contribution in [3.8, 4) is 0 Å². The fourth-order valence-corrected chi connectivity index (χ4v) is 2.96. The van der Waals surface area contributed by atoms with Crippen LogP contribution in [0.1, 0.15) is 23.1 Å². The Balaban J connectivity index is 2.33. The van der Waals surface area contributed by atoms with E-state index in [0.717, 1.165) is 19.6 Å². The molecule has 1 unspecified atom stereocenters. The summed E-state index contributed by atoms with van der Waals surface area (Å²) in [7, 11) is 0. The summed E-state index contributed by atoms with van der Waals surface area (Å²) in [4.78, 5) is 2.41. The van der Waals surface area contributed by atoms with E-state index >= 15 is 0 Å². The van der Waals surface area contributed by atoms with Gasteiger partial charge >= 0.3 is 0 Å². The van der Waals surface area contributed by atoms with E-state index in [2.05, 4.69) is 37.8 Å². The molecule has 1 fully saturated rings. The van der Waals surface area contributed by atoms with Crippen molar-refractivity contribution in [2.45, 2.75) is 33.2 Å². The van der Waals surface area contributed by atoms with E-state index in [4.69, 9.17) is 4.74 Å². The average molecular weight is 249 g/mol. The SMILES string of the molecule is Cc1cc(C)c(N2CCOCC2CCO)c(C)c1. The molecule has 1 aromatic rings. The van der Waals surface area contributed by atoms with Gasteiger partial charge in [-0.1, -0.05) is 17.7 Å². The summed E-state index contributed by atoms with van der Waals surface area (Å²) in [5.41, 5.74) is 5.26. The predicted molar refractivity (Wildman–Crippen MR) is 74.3 cm³/mol. The van der Waals surface area contributed by atoms with Crippen LogP contribution in [0.15, 0.2) is 12.1 Å². The lowest BCUT2D eigenvalue weighted by molar-refractivity contribution is 0.0849. The normalized spacial score (nSPS) is 20.2. The fraction of sp³-hybridized carbons (Fsp3) is 0.600. The first-order valence-corrected chi connectivity index (χ1v) is 6.66. The Bertz CT molecular complexity index is 392. The molecule has 3 heteroatoms. The molecule has 0 aromatic heterocycles. The van der Waals surface area contributed by atoms with Crippen LogP contribution in [0.3, 0.4) is 0 Å². The Hall–Kier alpha value is -1.06. The maximum absolute atomic E-state index is 9.18. The van der Waals surface area contributed by atoms with Gasteiger partial charge in [-0.15, -0.1) is 0 Å². The van der Waals surface area contributed by atoms with Crippen molar-refractivity contribution in [2.24, 2.45) is 0 Å². The third-order valence-electron chi connectivity index (χ3n) is 3.61. The number of aliphatic hydroxyl groups excluding tert-OH is 1. The topological polar surface area (TPSA) is 32.7 Å². The molecule has 100 valence electrons. The standard InChI is InChI=1S/C15H23NO2/c1-11-8-12(2)15(13(3)9-11)16-5-7-18-10-14(16)4-6-17/h8-9,14,17H,4-7,10H2,1-3H3. The Labute approximate surface area is 109 Å². The Morgan fingerprint density at radius 1 is 1.28 bits per heavy atom. The predicted octanol–water partition coefficient (Wildman–Crippen LogP) is 2.20. The van der Waals surface area contributed by atoms with Gasteiger partial charge in [0.15, 0.2) is 0 Å². The molecule has 0 spiro atoms. The van der Waals surface area contributed by atoms with Gasteiger partial charge in [-0.25, -0.2) is 0 Å². The van der Waals surface area contributed by atoms with Crippen molar-refractivity contribution in [2.75, 3.05) is 31.3 Å². The molecule has 0 amide bonds. The zero-order valence-electron chi connectivity index (χ0n) is 11.6. The second kappa shape index (κ2) is 5.72. The molecule has 1 aromatic carbocycles. The second-order valence-corrected chi connectivity index (χ2v) is 5.18. The zero-order valence-corrected chi connectivity index (χ0v) is 11.6. The lowest BCUT2D eigenvalue weighted by Gasteiger charge is -2.39. The van der Waals surface area contributed by atoms with Crippen molar-refractivity contribution in [1.29, 1.82) is 0 Å². The number of hydrogen-bond acceptors (Lipinski definition) is 3. The van der Waals surface area contributed by atoms with Crippen LogP contribution < -0.4 is 4.90 Å². The molecule has 0 bridgehead atoms. The van der Waals surface area contributed by atoms with Gasteiger partial charge in [-0.05, 0) is 38.3 Å². The molecule has 1 N–H and O–H groups in total. The minimum absolute atomic E-state index is 0.217. The summed E-state index contributed by atoms with van der Waals surface area (Å²) < 4.78 is 5.54. The zero-order chi connectivity index (χ0) is 13.1. The largest absolute Gasteiger partial charge is 0.396 e. The molecule has 1 aliphatic rings. The monoisotopic (exact) mass is 249 g/mol. The van der Waals surface area contributed by atoms with Gasteiger partial charge in [0, 0.05) is 18.8 Å². The minimum atomic E-state index is 0.217. The maximum Gasteiger partial charge on any atom is 0.0671 e. The van der Waals surface area contributed by atoms with Crippen LogP contribution in [0.25, 0.3) is 0 Å². The highest BCUT2D eigenvalue weighted by atomic mass is 16.5. The molecule has 3 nitrogen and oxygen atoms in total. The minimum Gasteiger partial charge on any atom is -0.396 e. The van der Waals surface area contributed by atoms with Gasteiger partial charge in [-0.2, -0.15) is 0 Å². The van der Waals surface area contributed by atoms with Crippen molar-refractivity contribution in [3.05, 3.63) is 28.8 Å². The highest BCUT2D eigenvalue weighted by molar-refractivity contribution is 5.61. The summed E-state index contributed by atoms with van der Waals surface area (Å²) in [6.07, 6.45) is 0.771. The number of ether oxygens (including phenoxy) is 1. The van der Waals surface area contributed by atoms with Crippen molar-refractivity contribution < 1.29 is 9.84 Å². The number of benzene rings is 1. The molecule has 1 heterocycles. The summed E-state index contributed by atoms with van der Waals surface area (Å²) in [6.45, 7) is 9.09. The molecule has 2 rings (SSSR count). The van der Waals surface area contributed by atoms with E-state index in [1.807, 2.05) is 0 Å². The molecule has 0 aliphatic carbocycles. The van der Waals surface area contributed by atoms with Gasteiger partial charge in [0.25, 0.3) is 0 Å². The van der Waals surface area contributed by atoms with E-state index in [9.17, 15) is 5.11 Å². The second-order valence-electron chi connectivity index (χ2n) is 5.18. The highest BCUT2D eigenvalue weighted by Crippen LogP contribution is 2.29. The molecule has 1 atom stereocenters. The summed E-state index contributed by atoms with van der Waals surface area (Å²) in [6, 6.07) is 4.76. The first kappa shape index (κ1) is 13.4. The average Bonchev–Trinajstić information content (AvgIpc) is 2.30. The van der Waals surface area contributed by atoms with Crippen LogP contribution in [0.4, 0.5) is 5.69 Å². The van der Waals surface area contributed by atoms with E-state index in [1.54, 1.807) is 0 Å². The number of morpholine rings is 1. The van der Waals surface area contributed by atoms with Crippen LogP contribution in [0.5, 0.6) is 0 Å². The van der Waals surface area contributed by atoms with E-state index in [-0.39, 0.29) is 6.61 Å². The van der Waals surface area contributed by atoms with Crippen LogP contribution >= 0.6 is 0 Å². The maximum atomic E-state index is 9.18. The molecular formula is C15H23NO2. The molecule has 0 radical (unpaired) electrons. The van der Waals surface area contributed by atoms with Crippen LogP contribution in [-0.2, 0) is 4.74 Å². The van der Waals surface area contributed by atoms with Gasteiger partial charge in [0.2, 0.25) is 0 Å². The number of anilines is 1. The third kappa shape index (κ3) is 2.68. The van der Waals surface area contributed by atoms with Crippen LogP contribution in [0, 0.1) is 20.8 Å². The summed E-state index contributed by atoms with van der Waals surface area (Å²) >= 11 is 0. The lowest BCUT2D eigenvalue weighted by atomic mass is 10.0. The van der Waals surface area contributed by atoms with E-state index in [1.165, 1.54) is 22.4 Å². The number of nitrogens with zero attached hydrogens (tertiary/aromatic N) is 1. The molecule has 18 heavy (non-hydrogen) atoms. The first-order chi connectivity index (χ1) is 8.63. The number of aryl methyl sites for hydroxylation is 3. The lowest BCUT2D eigenvalue weighted by Crippen LogP contribution is -2.46. The van der Waals surface area contributed by atoms with Crippen molar-refractivity contribution >= 4 is 5.69 Å².